The largest absolute Gasteiger partial charge is 0.462 e. The molecule has 1 aliphatic rings. The number of aryl methyl sites for hydroxylation is 1. The van der Waals surface area contributed by atoms with E-state index in [0.717, 1.165) is 10.9 Å². The maximum Gasteiger partial charge on any atom is 0.336 e. The number of aliphatic hydroxyl groups is 4. The number of hydrogen-bond donors (Lipinski definition) is 4. The summed E-state index contributed by atoms with van der Waals surface area (Å²) in [4.78, 5) is 11.5. The first-order valence-electron chi connectivity index (χ1n) is 7.42. The lowest BCUT2D eigenvalue weighted by Crippen LogP contribution is -2.60. The molecule has 4 N–H and O–H groups in total. The summed E-state index contributed by atoms with van der Waals surface area (Å²) >= 11 is 0. The van der Waals surface area contributed by atoms with E-state index in [2.05, 4.69) is 0 Å². The maximum absolute atomic E-state index is 11.5. The summed E-state index contributed by atoms with van der Waals surface area (Å²) in [6.07, 6.45) is -6.85. The Morgan fingerprint density at radius 2 is 1.88 bits per heavy atom. The Morgan fingerprint density at radius 3 is 2.58 bits per heavy atom. The van der Waals surface area contributed by atoms with Gasteiger partial charge < -0.3 is 34.3 Å². The van der Waals surface area contributed by atoms with Crippen molar-refractivity contribution in [3.8, 4) is 5.75 Å². The average Bonchev–Trinajstić information content (AvgIpc) is 2.55. The highest BCUT2D eigenvalue weighted by atomic mass is 16.7. The standard InChI is InChI=1S/C16H18O8/c1-7-4-12(18)23-10-5-8(2-3-9(7)10)22-16-15(21)14(20)13(19)11(6-17)24-16/h2-5,11,13-17,19-21H,6H2,1H3/t11?,13-,14-,15+,16+/m1/s1. The van der Waals surface area contributed by atoms with Crippen molar-refractivity contribution in [1.82, 2.24) is 0 Å². The molecule has 0 spiro atoms. The zero-order chi connectivity index (χ0) is 17.4. The van der Waals surface area contributed by atoms with Gasteiger partial charge in [0, 0.05) is 17.5 Å². The fourth-order valence-electron chi connectivity index (χ4n) is 2.68. The smallest absolute Gasteiger partial charge is 0.336 e. The van der Waals surface area contributed by atoms with E-state index in [9.17, 15) is 20.1 Å². The third-order valence-corrected chi connectivity index (χ3v) is 4.02. The van der Waals surface area contributed by atoms with Gasteiger partial charge in [0.25, 0.3) is 0 Å². The number of aliphatic hydroxyl groups excluding tert-OH is 4. The molecule has 0 amide bonds. The van der Waals surface area contributed by atoms with Crippen LogP contribution in [-0.2, 0) is 4.74 Å². The molecule has 3 rings (SSSR count). The monoisotopic (exact) mass is 338 g/mol. The van der Waals surface area contributed by atoms with Gasteiger partial charge in [-0.3, -0.25) is 0 Å². The molecule has 2 aromatic rings. The van der Waals surface area contributed by atoms with Crippen LogP contribution in [0.25, 0.3) is 11.0 Å². The van der Waals surface area contributed by atoms with Gasteiger partial charge in [-0.25, -0.2) is 4.79 Å². The first-order chi connectivity index (χ1) is 11.4. The van der Waals surface area contributed by atoms with Crippen LogP contribution in [0.3, 0.4) is 0 Å². The molecule has 0 bridgehead atoms. The Labute approximate surface area is 136 Å². The van der Waals surface area contributed by atoms with E-state index < -0.39 is 42.9 Å². The zero-order valence-corrected chi connectivity index (χ0v) is 12.8. The molecule has 2 heterocycles. The maximum atomic E-state index is 11.5. The van der Waals surface area contributed by atoms with Crippen molar-refractivity contribution >= 4 is 11.0 Å². The van der Waals surface area contributed by atoms with E-state index in [1.807, 2.05) is 0 Å². The van der Waals surface area contributed by atoms with Gasteiger partial charge in [-0.15, -0.1) is 0 Å². The van der Waals surface area contributed by atoms with Crippen molar-refractivity contribution in [2.75, 3.05) is 6.61 Å². The summed E-state index contributed by atoms with van der Waals surface area (Å²) < 4.78 is 15.9. The zero-order valence-electron chi connectivity index (χ0n) is 12.8. The molecule has 0 saturated carbocycles. The first-order valence-corrected chi connectivity index (χ1v) is 7.42. The lowest BCUT2D eigenvalue weighted by molar-refractivity contribution is -0.277. The second-order valence-electron chi connectivity index (χ2n) is 5.72. The Morgan fingerprint density at radius 1 is 1.12 bits per heavy atom. The van der Waals surface area contributed by atoms with Crippen LogP contribution < -0.4 is 10.4 Å². The lowest BCUT2D eigenvalue weighted by atomic mass is 9.99. The second kappa shape index (κ2) is 6.50. The van der Waals surface area contributed by atoms with Crippen LogP contribution in [0.15, 0.2) is 33.5 Å². The highest BCUT2D eigenvalue weighted by molar-refractivity contribution is 5.81. The highest BCUT2D eigenvalue weighted by Gasteiger charge is 2.44. The summed E-state index contributed by atoms with van der Waals surface area (Å²) in [5.41, 5.74) is 0.563. The fraction of sp³-hybridized carbons (Fsp3) is 0.438. The highest BCUT2D eigenvalue weighted by Crippen LogP contribution is 2.27. The van der Waals surface area contributed by atoms with Crippen LogP contribution >= 0.6 is 0 Å². The number of rotatable bonds is 3. The Balaban J connectivity index is 1.87. The van der Waals surface area contributed by atoms with Crippen LogP contribution in [-0.4, -0.2) is 57.7 Å². The topological polar surface area (TPSA) is 130 Å². The number of ether oxygens (including phenoxy) is 2. The quantitative estimate of drug-likeness (QED) is 0.540. The van der Waals surface area contributed by atoms with Gasteiger partial charge in [0.2, 0.25) is 6.29 Å². The van der Waals surface area contributed by atoms with Gasteiger partial charge in [-0.05, 0) is 24.6 Å². The van der Waals surface area contributed by atoms with Crippen molar-refractivity contribution in [2.24, 2.45) is 0 Å². The predicted octanol–water partition coefficient (Wildman–Crippen LogP) is -0.720. The second-order valence-corrected chi connectivity index (χ2v) is 5.72. The van der Waals surface area contributed by atoms with Gasteiger partial charge in [-0.1, -0.05) is 0 Å². The van der Waals surface area contributed by atoms with Crippen molar-refractivity contribution < 1.29 is 34.3 Å². The molecule has 1 aromatic heterocycles. The van der Waals surface area contributed by atoms with Gasteiger partial charge in [0.1, 0.15) is 35.7 Å². The number of benzene rings is 1. The molecule has 8 heteroatoms. The SMILES string of the molecule is Cc1cc(=O)oc2cc(O[C@H]3OC(CO)[C@@H](O)[C@@H](O)[C@@H]3O)ccc12. The molecule has 0 radical (unpaired) electrons. The molecule has 5 atom stereocenters. The summed E-state index contributed by atoms with van der Waals surface area (Å²) in [5, 5.41) is 39.4. The van der Waals surface area contributed by atoms with Crippen LogP contribution in [0, 0.1) is 6.92 Å². The molecular weight excluding hydrogens is 320 g/mol. The van der Waals surface area contributed by atoms with Gasteiger partial charge in [-0.2, -0.15) is 0 Å². The summed E-state index contributed by atoms with van der Waals surface area (Å²) in [7, 11) is 0. The third-order valence-electron chi connectivity index (χ3n) is 4.02. The Kier molecular flexibility index (Phi) is 4.57. The molecule has 8 nitrogen and oxygen atoms in total. The number of fused-ring (bicyclic) bond motifs is 1. The van der Waals surface area contributed by atoms with E-state index in [1.54, 1.807) is 19.1 Å². The molecule has 130 valence electrons. The molecule has 1 aromatic carbocycles. The van der Waals surface area contributed by atoms with Crippen molar-refractivity contribution in [1.29, 1.82) is 0 Å². The van der Waals surface area contributed by atoms with Crippen molar-refractivity contribution in [3.63, 3.8) is 0 Å². The molecular formula is C16H18O8. The molecule has 1 aliphatic heterocycles. The van der Waals surface area contributed by atoms with Crippen molar-refractivity contribution in [3.05, 3.63) is 40.2 Å². The van der Waals surface area contributed by atoms with E-state index in [-0.39, 0.29) is 5.75 Å². The minimum absolute atomic E-state index is 0.237. The van der Waals surface area contributed by atoms with Crippen LogP contribution in [0.2, 0.25) is 0 Å². The lowest BCUT2D eigenvalue weighted by Gasteiger charge is -2.39. The fourth-order valence-corrected chi connectivity index (χ4v) is 2.68. The van der Waals surface area contributed by atoms with E-state index in [4.69, 9.17) is 19.0 Å². The van der Waals surface area contributed by atoms with Crippen LogP contribution in [0.5, 0.6) is 5.75 Å². The predicted molar refractivity (Wildman–Crippen MR) is 81.6 cm³/mol. The van der Waals surface area contributed by atoms with E-state index in [0.29, 0.717) is 5.58 Å². The minimum Gasteiger partial charge on any atom is -0.462 e. The van der Waals surface area contributed by atoms with Gasteiger partial charge in [0.05, 0.1) is 6.61 Å². The normalized spacial score (nSPS) is 30.5. The van der Waals surface area contributed by atoms with E-state index in [1.165, 1.54) is 12.1 Å². The van der Waals surface area contributed by atoms with Crippen LogP contribution in [0.1, 0.15) is 5.56 Å². The third kappa shape index (κ3) is 3.02. The first kappa shape index (κ1) is 16.9. The molecule has 1 saturated heterocycles. The summed E-state index contributed by atoms with van der Waals surface area (Å²) in [5.74, 6) is 0.237. The Bertz CT molecular complexity index is 783. The van der Waals surface area contributed by atoms with Crippen molar-refractivity contribution in [2.45, 2.75) is 37.6 Å². The average molecular weight is 338 g/mol. The summed E-state index contributed by atoms with van der Waals surface area (Å²) in [6.45, 7) is 1.23. The Hall–Kier alpha value is -1.97. The van der Waals surface area contributed by atoms with E-state index >= 15 is 0 Å². The molecule has 1 fully saturated rings. The minimum atomic E-state index is -1.53. The van der Waals surface area contributed by atoms with Gasteiger partial charge in [0.15, 0.2) is 0 Å². The summed E-state index contributed by atoms with van der Waals surface area (Å²) in [6, 6.07) is 6.12. The molecule has 24 heavy (non-hydrogen) atoms. The van der Waals surface area contributed by atoms with Gasteiger partial charge >= 0.3 is 5.63 Å². The molecule has 0 aliphatic carbocycles. The number of hydrogen-bond acceptors (Lipinski definition) is 8. The molecule has 1 unspecified atom stereocenters. The van der Waals surface area contributed by atoms with Crippen LogP contribution in [0.4, 0.5) is 0 Å².